The van der Waals surface area contributed by atoms with Crippen molar-refractivity contribution in [1.82, 2.24) is 15.1 Å². The molecule has 4 atom stereocenters. The molecule has 4 nitrogen and oxygen atoms in total. The summed E-state index contributed by atoms with van der Waals surface area (Å²) in [5, 5.41) is 7.41. The highest BCUT2D eigenvalue weighted by molar-refractivity contribution is 5.75. The lowest BCUT2D eigenvalue weighted by Gasteiger charge is -2.28. The van der Waals surface area contributed by atoms with Crippen molar-refractivity contribution in [3.8, 4) is 0 Å². The lowest BCUT2D eigenvalue weighted by Crippen LogP contribution is -2.41. The zero-order chi connectivity index (χ0) is 13.4. The van der Waals surface area contributed by atoms with E-state index >= 15 is 0 Å². The smallest absolute Gasteiger partial charge is 0.241 e. The van der Waals surface area contributed by atoms with Gasteiger partial charge in [-0.25, -0.2) is 0 Å². The summed E-state index contributed by atoms with van der Waals surface area (Å²) in [6, 6.07) is 2.23. The van der Waals surface area contributed by atoms with Crippen molar-refractivity contribution >= 4 is 5.91 Å². The molecule has 1 heterocycles. The second-order valence-electron chi connectivity index (χ2n) is 6.35. The number of hydrogen-bond donors (Lipinski definition) is 1. The molecule has 1 N–H and O–H groups in total. The van der Waals surface area contributed by atoms with E-state index < -0.39 is 0 Å². The fourth-order valence-electron chi connectivity index (χ4n) is 4.01. The summed E-state index contributed by atoms with van der Waals surface area (Å²) in [5.74, 6) is 2.57. The molecule has 2 saturated carbocycles. The second-order valence-corrected chi connectivity index (χ2v) is 6.35. The van der Waals surface area contributed by atoms with Crippen LogP contribution in [-0.4, -0.2) is 21.7 Å². The molecule has 3 rings (SSSR count). The lowest BCUT2D eigenvalue weighted by molar-refractivity contribution is -0.122. The number of aromatic nitrogens is 2. The predicted octanol–water partition coefficient (Wildman–Crippen LogP) is 2.13. The van der Waals surface area contributed by atoms with Crippen molar-refractivity contribution in [2.45, 2.75) is 52.1 Å². The molecule has 1 aromatic heterocycles. The minimum atomic E-state index is 0.0818. The van der Waals surface area contributed by atoms with Crippen LogP contribution in [0.3, 0.4) is 0 Å². The Bertz CT molecular complexity index is 468. The third kappa shape index (κ3) is 2.67. The van der Waals surface area contributed by atoms with Crippen LogP contribution in [0.1, 0.15) is 38.3 Å². The molecule has 104 valence electrons. The van der Waals surface area contributed by atoms with Crippen LogP contribution in [0.5, 0.6) is 0 Å². The molecule has 2 aliphatic rings. The first-order chi connectivity index (χ1) is 9.11. The van der Waals surface area contributed by atoms with E-state index in [1.165, 1.54) is 25.7 Å². The molecular formula is C15H23N3O. The molecule has 1 amide bonds. The van der Waals surface area contributed by atoms with Crippen LogP contribution in [-0.2, 0) is 11.3 Å². The zero-order valence-electron chi connectivity index (χ0n) is 11.8. The second kappa shape index (κ2) is 4.99. The summed E-state index contributed by atoms with van der Waals surface area (Å²) in [5.41, 5.74) is 0.953. The summed E-state index contributed by atoms with van der Waals surface area (Å²) >= 11 is 0. The number of carbonyl (C=O) groups excluding carboxylic acids is 1. The van der Waals surface area contributed by atoms with Crippen LogP contribution in [0.25, 0.3) is 0 Å². The first-order valence-electron chi connectivity index (χ1n) is 7.41. The topological polar surface area (TPSA) is 46.9 Å². The highest BCUT2D eigenvalue weighted by Gasteiger charge is 2.42. The van der Waals surface area contributed by atoms with Gasteiger partial charge in [0.15, 0.2) is 0 Å². The van der Waals surface area contributed by atoms with Gasteiger partial charge in [0.25, 0.3) is 0 Å². The Morgan fingerprint density at radius 2 is 2.37 bits per heavy atom. The fourth-order valence-corrected chi connectivity index (χ4v) is 4.01. The van der Waals surface area contributed by atoms with Gasteiger partial charge < -0.3 is 5.32 Å². The van der Waals surface area contributed by atoms with Gasteiger partial charge in [-0.1, -0.05) is 6.42 Å². The van der Waals surface area contributed by atoms with E-state index in [4.69, 9.17) is 0 Å². The Hall–Kier alpha value is -1.32. The highest BCUT2D eigenvalue weighted by Crippen LogP contribution is 2.49. The zero-order valence-corrected chi connectivity index (χ0v) is 11.8. The van der Waals surface area contributed by atoms with E-state index in [1.54, 1.807) is 4.68 Å². The molecule has 0 saturated heterocycles. The molecule has 4 unspecified atom stereocenters. The molecule has 1 aromatic rings. The van der Waals surface area contributed by atoms with Gasteiger partial charge in [-0.15, -0.1) is 0 Å². The Labute approximate surface area is 114 Å². The molecular weight excluding hydrogens is 238 g/mol. The molecule has 0 aliphatic heterocycles. The molecule has 2 aliphatic carbocycles. The van der Waals surface area contributed by atoms with Crippen LogP contribution in [0.4, 0.5) is 0 Å². The van der Waals surface area contributed by atoms with Gasteiger partial charge in [-0.3, -0.25) is 9.48 Å². The average Bonchev–Trinajstić information content (AvgIpc) is 3.05. The van der Waals surface area contributed by atoms with Crippen molar-refractivity contribution in [1.29, 1.82) is 0 Å². The average molecular weight is 261 g/mol. The standard InChI is InChI=1S/C15H23N3O/c1-10-5-6-18(17-10)9-15(19)16-11(2)14-8-12-3-4-13(14)7-12/h5-6,11-14H,3-4,7-9H2,1-2H3,(H,16,19). The Morgan fingerprint density at radius 1 is 1.53 bits per heavy atom. The van der Waals surface area contributed by atoms with Gasteiger partial charge in [-0.2, -0.15) is 5.10 Å². The number of aryl methyl sites for hydroxylation is 1. The number of nitrogens with zero attached hydrogens (tertiary/aromatic N) is 2. The molecule has 0 aromatic carbocycles. The van der Waals surface area contributed by atoms with E-state index in [-0.39, 0.29) is 5.91 Å². The van der Waals surface area contributed by atoms with E-state index in [0.717, 1.165) is 17.5 Å². The fraction of sp³-hybridized carbons (Fsp3) is 0.733. The Morgan fingerprint density at radius 3 is 2.95 bits per heavy atom. The van der Waals surface area contributed by atoms with E-state index in [1.807, 2.05) is 19.2 Å². The number of fused-ring (bicyclic) bond motifs is 2. The van der Waals surface area contributed by atoms with Crippen molar-refractivity contribution in [3.05, 3.63) is 18.0 Å². The molecule has 2 fully saturated rings. The summed E-state index contributed by atoms with van der Waals surface area (Å²) < 4.78 is 1.71. The van der Waals surface area contributed by atoms with Crippen molar-refractivity contribution in [2.24, 2.45) is 17.8 Å². The maximum atomic E-state index is 12.0. The number of nitrogens with one attached hydrogen (secondary N) is 1. The molecule has 0 radical (unpaired) electrons. The van der Waals surface area contributed by atoms with Gasteiger partial charge in [0, 0.05) is 12.2 Å². The van der Waals surface area contributed by atoms with Crippen molar-refractivity contribution in [2.75, 3.05) is 0 Å². The number of rotatable bonds is 4. The predicted molar refractivity (Wildman–Crippen MR) is 73.5 cm³/mol. The monoisotopic (exact) mass is 261 g/mol. The van der Waals surface area contributed by atoms with Gasteiger partial charge in [0.05, 0.1) is 5.69 Å². The Kier molecular flexibility index (Phi) is 3.33. The van der Waals surface area contributed by atoms with Crippen LogP contribution in [0.15, 0.2) is 12.3 Å². The molecule has 2 bridgehead atoms. The van der Waals surface area contributed by atoms with Crippen LogP contribution in [0.2, 0.25) is 0 Å². The maximum absolute atomic E-state index is 12.0. The minimum Gasteiger partial charge on any atom is -0.352 e. The van der Waals surface area contributed by atoms with Crippen LogP contribution >= 0.6 is 0 Å². The number of carbonyl (C=O) groups is 1. The largest absolute Gasteiger partial charge is 0.352 e. The summed E-state index contributed by atoms with van der Waals surface area (Å²) in [7, 11) is 0. The number of hydrogen-bond acceptors (Lipinski definition) is 2. The molecule has 4 heteroatoms. The van der Waals surface area contributed by atoms with E-state index in [9.17, 15) is 4.79 Å². The third-order valence-corrected chi connectivity index (χ3v) is 4.90. The van der Waals surface area contributed by atoms with Crippen LogP contribution in [0, 0.1) is 24.7 Å². The molecule has 19 heavy (non-hydrogen) atoms. The summed E-state index contributed by atoms with van der Waals surface area (Å²) in [6.45, 7) is 4.43. The third-order valence-electron chi connectivity index (χ3n) is 4.90. The van der Waals surface area contributed by atoms with Gasteiger partial charge in [-0.05, 0) is 56.9 Å². The number of amides is 1. The highest BCUT2D eigenvalue weighted by atomic mass is 16.2. The first-order valence-corrected chi connectivity index (χ1v) is 7.41. The van der Waals surface area contributed by atoms with Crippen molar-refractivity contribution in [3.63, 3.8) is 0 Å². The summed E-state index contributed by atoms with van der Waals surface area (Å²) in [6.07, 6.45) is 7.34. The van der Waals surface area contributed by atoms with Gasteiger partial charge in [0.2, 0.25) is 5.91 Å². The Balaban J connectivity index is 1.52. The van der Waals surface area contributed by atoms with Crippen molar-refractivity contribution < 1.29 is 4.79 Å². The maximum Gasteiger partial charge on any atom is 0.241 e. The minimum absolute atomic E-state index is 0.0818. The first kappa shape index (κ1) is 12.7. The SMILES string of the molecule is Cc1ccn(CC(=O)NC(C)C2CC3CCC2C3)n1. The molecule has 0 spiro atoms. The van der Waals surface area contributed by atoms with Gasteiger partial charge in [0.1, 0.15) is 6.54 Å². The normalized spacial score (nSPS) is 30.5. The summed E-state index contributed by atoms with van der Waals surface area (Å²) in [4.78, 5) is 12.0. The lowest BCUT2D eigenvalue weighted by atomic mass is 9.84. The van der Waals surface area contributed by atoms with Crippen LogP contribution < -0.4 is 5.32 Å². The van der Waals surface area contributed by atoms with Gasteiger partial charge >= 0.3 is 0 Å². The van der Waals surface area contributed by atoms with E-state index in [2.05, 4.69) is 17.3 Å². The van der Waals surface area contributed by atoms with E-state index in [0.29, 0.717) is 18.5 Å². The quantitative estimate of drug-likeness (QED) is 0.902.